The molecule has 0 aliphatic carbocycles. The molecule has 0 fully saturated rings. The van der Waals surface area contributed by atoms with Crippen LogP contribution in [0.4, 0.5) is 0 Å². The quantitative estimate of drug-likeness (QED) is 0.780. The Hall–Kier alpha value is -3.46. The van der Waals surface area contributed by atoms with E-state index in [2.05, 4.69) is 0 Å². The van der Waals surface area contributed by atoms with Crippen LogP contribution in [0.3, 0.4) is 0 Å². The Kier molecular flexibility index (Phi) is 4.57. The SMILES string of the molecule is COc1ccc(C=C2Oc3cc(OCC#N)ccc3C2=O)cc1OC. The van der Waals surface area contributed by atoms with Gasteiger partial charge in [0.15, 0.2) is 23.9 Å². The lowest BCUT2D eigenvalue weighted by atomic mass is 10.1. The minimum atomic E-state index is -0.211. The number of rotatable bonds is 5. The highest BCUT2D eigenvalue weighted by Gasteiger charge is 2.27. The zero-order chi connectivity index (χ0) is 17.8. The number of Topliss-reactive ketones (excluding diaryl/α,β-unsaturated/α-hetero) is 1. The molecule has 1 heterocycles. The lowest BCUT2D eigenvalue weighted by Gasteiger charge is -2.08. The fourth-order valence-electron chi connectivity index (χ4n) is 2.47. The van der Waals surface area contributed by atoms with Crippen molar-refractivity contribution < 1.29 is 23.7 Å². The van der Waals surface area contributed by atoms with Gasteiger partial charge in [-0.2, -0.15) is 5.26 Å². The van der Waals surface area contributed by atoms with Gasteiger partial charge in [-0.05, 0) is 35.9 Å². The number of methoxy groups -OCH3 is 2. The van der Waals surface area contributed by atoms with E-state index in [1.165, 1.54) is 0 Å². The van der Waals surface area contributed by atoms with Gasteiger partial charge in [-0.15, -0.1) is 0 Å². The predicted molar refractivity (Wildman–Crippen MR) is 90.0 cm³/mol. The van der Waals surface area contributed by atoms with E-state index in [9.17, 15) is 4.79 Å². The summed E-state index contributed by atoms with van der Waals surface area (Å²) in [6.45, 7) is -0.0684. The summed E-state index contributed by atoms with van der Waals surface area (Å²) in [5.41, 5.74) is 1.20. The molecule has 6 heteroatoms. The van der Waals surface area contributed by atoms with E-state index in [4.69, 9.17) is 24.2 Å². The molecule has 0 aromatic heterocycles. The zero-order valence-corrected chi connectivity index (χ0v) is 13.7. The van der Waals surface area contributed by atoms with E-state index in [0.29, 0.717) is 28.6 Å². The second-order valence-corrected chi connectivity index (χ2v) is 5.16. The minimum Gasteiger partial charge on any atom is -0.493 e. The van der Waals surface area contributed by atoms with E-state index in [1.807, 2.05) is 6.07 Å². The first kappa shape index (κ1) is 16.4. The van der Waals surface area contributed by atoms with Crippen molar-refractivity contribution in [3.05, 3.63) is 53.3 Å². The molecule has 3 rings (SSSR count). The number of carbonyl (C=O) groups excluding carboxylic acids is 1. The third kappa shape index (κ3) is 3.26. The molecule has 1 aliphatic heterocycles. The number of ether oxygens (including phenoxy) is 4. The van der Waals surface area contributed by atoms with Crippen molar-refractivity contribution in [3.63, 3.8) is 0 Å². The number of fused-ring (bicyclic) bond motifs is 1. The van der Waals surface area contributed by atoms with Gasteiger partial charge in [-0.1, -0.05) is 6.07 Å². The highest BCUT2D eigenvalue weighted by molar-refractivity contribution is 6.14. The first-order valence-corrected chi connectivity index (χ1v) is 7.46. The van der Waals surface area contributed by atoms with E-state index >= 15 is 0 Å². The smallest absolute Gasteiger partial charge is 0.231 e. The summed E-state index contributed by atoms with van der Waals surface area (Å²) in [4.78, 5) is 12.5. The van der Waals surface area contributed by atoms with Gasteiger partial charge in [0, 0.05) is 6.07 Å². The molecular weight excluding hydrogens is 322 g/mol. The van der Waals surface area contributed by atoms with Crippen molar-refractivity contribution in [2.24, 2.45) is 0 Å². The van der Waals surface area contributed by atoms with Crippen LogP contribution in [0.25, 0.3) is 6.08 Å². The summed E-state index contributed by atoms with van der Waals surface area (Å²) >= 11 is 0. The highest BCUT2D eigenvalue weighted by Crippen LogP contribution is 2.35. The molecule has 0 bridgehead atoms. The summed E-state index contributed by atoms with van der Waals surface area (Å²) in [6.07, 6.45) is 1.64. The van der Waals surface area contributed by atoms with E-state index in [0.717, 1.165) is 5.56 Å². The minimum absolute atomic E-state index is 0.0684. The monoisotopic (exact) mass is 337 g/mol. The normalized spacial score (nSPS) is 13.8. The third-order valence-corrected chi connectivity index (χ3v) is 3.65. The molecule has 0 radical (unpaired) electrons. The summed E-state index contributed by atoms with van der Waals surface area (Å²) in [5, 5.41) is 8.56. The maximum Gasteiger partial charge on any atom is 0.231 e. The van der Waals surface area contributed by atoms with Gasteiger partial charge in [-0.25, -0.2) is 0 Å². The van der Waals surface area contributed by atoms with Gasteiger partial charge in [0.2, 0.25) is 5.78 Å². The molecule has 0 unspecified atom stereocenters. The topological polar surface area (TPSA) is 77.8 Å². The van der Waals surface area contributed by atoms with Crippen LogP contribution in [0.1, 0.15) is 15.9 Å². The summed E-state index contributed by atoms with van der Waals surface area (Å²) in [5.74, 6) is 2.04. The van der Waals surface area contributed by atoms with Crippen molar-refractivity contribution in [1.29, 1.82) is 5.26 Å². The molecule has 1 aliphatic rings. The van der Waals surface area contributed by atoms with Crippen molar-refractivity contribution in [3.8, 4) is 29.1 Å². The number of nitriles is 1. The third-order valence-electron chi connectivity index (χ3n) is 3.65. The molecular formula is C19H15NO5. The second kappa shape index (κ2) is 6.97. The van der Waals surface area contributed by atoms with Crippen LogP contribution >= 0.6 is 0 Å². The molecule has 6 nitrogen and oxygen atoms in total. The number of ketones is 1. The van der Waals surface area contributed by atoms with Crippen molar-refractivity contribution in [1.82, 2.24) is 0 Å². The fraction of sp³-hybridized carbons (Fsp3) is 0.158. The molecule has 0 saturated heterocycles. The van der Waals surface area contributed by atoms with Crippen LogP contribution in [0.2, 0.25) is 0 Å². The van der Waals surface area contributed by atoms with Crippen molar-refractivity contribution in [2.45, 2.75) is 0 Å². The van der Waals surface area contributed by atoms with Gasteiger partial charge < -0.3 is 18.9 Å². The van der Waals surface area contributed by atoms with E-state index < -0.39 is 0 Å². The summed E-state index contributed by atoms with van der Waals surface area (Å²) in [6, 6.07) is 12.1. The molecule has 0 amide bonds. The van der Waals surface area contributed by atoms with E-state index in [-0.39, 0.29) is 18.1 Å². The number of hydrogen-bond acceptors (Lipinski definition) is 6. The maximum atomic E-state index is 12.5. The van der Waals surface area contributed by atoms with Gasteiger partial charge in [-0.3, -0.25) is 4.79 Å². The van der Waals surface area contributed by atoms with E-state index in [1.54, 1.807) is 56.7 Å². The van der Waals surface area contributed by atoms with Crippen LogP contribution in [0, 0.1) is 11.3 Å². The summed E-state index contributed by atoms with van der Waals surface area (Å²) in [7, 11) is 3.10. The van der Waals surface area contributed by atoms with Gasteiger partial charge >= 0.3 is 0 Å². The van der Waals surface area contributed by atoms with Crippen molar-refractivity contribution >= 4 is 11.9 Å². The molecule has 25 heavy (non-hydrogen) atoms. The number of carbonyl (C=O) groups is 1. The lowest BCUT2D eigenvalue weighted by Crippen LogP contribution is -1.98. The van der Waals surface area contributed by atoms with Gasteiger partial charge in [0.1, 0.15) is 17.6 Å². The van der Waals surface area contributed by atoms with Crippen molar-refractivity contribution in [2.75, 3.05) is 20.8 Å². The van der Waals surface area contributed by atoms with Crippen LogP contribution in [-0.4, -0.2) is 26.6 Å². The van der Waals surface area contributed by atoms with Crippen LogP contribution in [0.5, 0.6) is 23.0 Å². The molecule has 2 aromatic rings. The van der Waals surface area contributed by atoms with Crippen LogP contribution in [-0.2, 0) is 0 Å². The fourth-order valence-corrected chi connectivity index (χ4v) is 2.47. The lowest BCUT2D eigenvalue weighted by molar-refractivity contribution is 0.101. The first-order valence-electron chi connectivity index (χ1n) is 7.46. The van der Waals surface area contributed by atoms with Gasteiger partial charge in [0.25, 0.3) is 0 Å². The zero-order valence-electron chi connectivity index (χ0n) is 13.7. The predicted octanol–water partition coefficient (Wildman–Crippen LogP) is 3.22. The number of benzene rings is 2. The Morgan fingerprint density at radius 2 is 1.92 bits per heavy atom. The van der Waals surface area contributed by atoms with Crippen LogP contribution in [0.15, 0.2) is 42.2 Å². The number of allylic oxidation sites excluding steroid dienone is 1. The Labute approximate surface area is 144 Å². The summed E-state index contributed by atoms with van der Waals surface area (Å²) < 4.78 is 21.3. The Morgan fingerprint density at radius 1 is 1.12 bits per heavy atom. The molecule has 0 saturated carbocycles. The second-order valence-electron chi connectivity index (χ2n) is 5.16. The Bertz CT molecular complexity index is 895. The standard InChI is InChI=1S/C19H15NO5/c1-22-15-6-3-12(9-17(15)23-2)10-18-19(21)14-5-4-13(24-8-7-20)11-16(14)25-18/h3-6,9-11H,8H2,1-2H3. The highest BCUT2D eigenvalue weighted by atomic mass is 16.5. The van der Waals surface area contributed by atoms with Crippen LogP contribution < -0.4 is 18.9 Å². The number of nitrogens with zero attached hydrogens (tertiary/aromatic N) is 1. The average Bonchev–Trinajstić information content (AvgIpc) is 2.95. The molecule has 0 spiro atoms. The molecule has 0 N–H and O–H groups in total. The Balaban J connectivity index is 1.88. The number of hydrogen-bond donors (Lipinski definition) is 0. The molecule has 2 aromatic carbocycles. The average molecular weight is 337 g/mol. The van der Waals surface area contributed by atoms with Gasteiger partial charge in [0.05, 0.1) is 19.8 Å². The maximum absolute atomic E-state index is 12.5. The first-order chi connectivity index (χ1) is 12.2. The Morgan fingerprint density at radius 3 is 2.64 bits per heavy atom. The molecule has 126 valence electrons. The largest absolute Gasteiger partial charge is 0.493 e. The molecule has 0 atom stereocenters.